The normalized spacial score (nSPS) is 14.2. The minimum atomic E-state index is -4.65. The van der Waals surface area contributed by atoms with Crippen molar-refractivity contribution >= 4 is 34.5 Å². The van der Waals surface area contributed by atoms with E-state index in [1.807, 2.05) is 0 Å². The van der Waals surface area contributed by atoms with Crippen LogP contribution in [0.15, 0.2) is 48.5 Å². The summed E-state index contributed by atoms with van der Waals surface area (Å²) in [6.45, 7) is 2.85. The fraction of sp³-hybridized carbons (Fsp3) is 0.333. The van der Waals surface area contributed by atoms with E-state index in [0.717, 1.165) is 5.56 Å². The van der Waals surface area contributed by atoms with Crippen molar-refractivity contribution in [2.24, 2.45) is 0 Å². The molecule has 0 atom stereocenters. The predicted molar refractivity (Wildman–Crippen MR) is 124 cm³/mol. The predicted octanol–water partition coefficient (Wildman–Crippen LogP) is 4.11. The summed E-state index contributed by atoms with van der Waals surface area (Å²) in [6.07, 6.45) is -4.51. The van der Waals surface area contributed by atoms with E-state index in [2.05, 4.69) is 15.3 Å². The Labute approximate surface area is 199 Å². The number of aromatic nitrogens is 2. The first-order valence-corrected chi connectivity index (χ1v) is 11.1. The molecule has 11 heteroatoms. The minimum Gasteiger partial charge on any atom is -0.466 e. The van der Waals surface area contributed by atoms with Gasteiger partial charge in [0.05, 0.1) is 24.1 Å². The lowest BCUT2D eigenvalue weighted by molar-refractivity contribution is -0.142. The monoisotopic (exact) mass is 487 g/mol. The summed E-state index contributed by atoms with van der Waals surface area (Å²) in [7, 11) is 0. The molecule has 35 heavy (non-hydrogen) atoms. The van der Waals surface area contributed by atoms with Crippen molar-refractivity contribution in [1.82, 2.24) is 14.9 Å². The molecule has 2 amide bonds. The van der Waals surface area contributed by atoms with Crippen molar-refractivity contribution in [2.75, 3.05) is 43.0 Å². The molecule has 3 aromatic rings. The Morgan fingerprint density at radius 2 is 1.60 bits per heavy atom. The summed E-state index contributed by atoms with van der Waals surface area (Å²) in [4.78, 5) is 35.3. The number of amides is 2. The molecule has 8 nitrogen and oxygen atoms in total. The van der Waals surface area contributed by atoms with E-state index in [-0.39, 0.29) is 55.9 Å². The molecule has 2 aromatic carbocycles. The fourth-order valence-electron chi connectivity index (χ4n) is 3.81. The summed E-state index contributed by atoms with van der Waals surface area (Å²) >= 11 is 0. The summed E-state index contributed by atoms with van der Waals surface area (Å²) in [5.41, 5.74) is 0.825. The zero-order valence-electron chi connectivity index (χ0n) is 19.0. The van der Waals surface area contributed by atoms with Crippen LogP contribution in [0.4, 0.5) is 29.5 Å². The SMILES string of the molecule is CCOC(=O)Cc1ccc(NC(=O)N2CCN(c3nc4ccccc4nc3C(F)(F)F)CC2)cc1. The number of nitrogens with zero attached hydrogens (tertiary/aromatic N) is 4. The van der Waals surface area contributed by atoms with E-state index in [0.29, 0.717) is 17.8 Å². The van der Waals surface area contributed by atoms with Crippen LogP contribution in [-0.4, -0.2) is 59.7 Å². The largest absolute Gasteiger partial charge is 0.466 e. The second-order valence-electron chi connectivity index (χ2n) is 7.97. The Bertz CT molecular complexity index is 1210. The van der Waals surface area contributed by atoms with Gasteiger partial charge in [0.15, 0.2) is 11.5 Å². The second kappa shape index (κ2) is 10.2. The maximum atomic E-state index is 13.7. The number of anilines is 2. The molecule has 184 valence electrons. The number of carbonyl (C=O) groups excluding carboxylic acids is 2. The van der Waals surface area contributed by atoms with Gasteiger partial charge in [0.2, 0.25) is 0 Å². The summed E-state index contributed by atoms with van der Waals surface area (Å²) in [5.74, 6) is -0.555. The fourth-order valence-corrected chi connectivity index (χ4v) is 3.81. The van der Waals surface area contributed by atoms with Gasteiger partial charge in [0, 0.05) is 31.9 Å². The van der Waals surface area contributed by atoms with Gasteiger partial charge in [0.1, 0.15) is 0 Å². The van der Waals surface area contributed by atoms with Crippen LogP contribution in [-0.2, 0) is 22.1 Å². The first-order chi connectivity index (χ1) is 16.7. The highest BCUT2D eigenvalue weighted by Crippen LogP contribution is 2.35. The molecule has 1 aliphatic rings. The van der Waals surface area contributed by atoms with E-state index < -0.39 is 11.9 Å². The van der Waals surface area contributed by atoms with Crippen molar-refractivity contribution in [3.63, 3.8) is 0 Å². The van der Waals surface area contributed by atoms with Gasteiger partial charge in [-0.15, -0.1) is 0 Å². The molecule has 0 bridgehead atoms. The average molecular weight is 487 g/mol. The lowest BCUT2D eigenvalue weighted by Gasteiger charge is -2.36. The first-order valence-electron chi connectivity index (χ1n) is 11.1. The van der Waals surface area contributed by atoms with Crippen molar-refractivity contribution in [1.29, 1.82) is 0 Å². The van der Waals surface area contributed by atoms with Crippen LogP contribution < -0.4 is 10.2 Å². The van der Waals surface area contributed by atoms with Crippen LogP contribution in [0, 0.1) is 0 Å². The van der Waals surface area contributed by atoms with E-state index >= 15 is 0 Å². The van der Waals surface area contributed by atoms with Crippen molar-refractivity contribution < 1.29 is 27.5 Å². The van der Waals surface area contributed by atoms with E-state index in [9.17, 15) is 22.8 Å². The van der Waals surface area contributed by atoms with Crippen molar-refractivity contribution in [2.45, 2.75) is 19.5 Å². The molecule has 1 saturated heterocycles. The molecule has 0 radical (unpaired) electrons. The van der Waals surface area contributed by atoms with Gasteiger partial charge in [-0.3, -0.25) is 4.79 Å². The Hall–Kier alpha value is -3.89. The summed E-state index contributed by atoms with van der Waals surface area (Å²) in [6, 6.07) is 12.9. The molecule has 0 aliphatic carbocycles. The number of fused-ring (bicyclic) bond motifs is 1. The maximum Gasteiger partial charge on any atom is 0.437 e. The number of nitrogens with one attached hydrogen (secondary N) is 1. The van der Waals surface area contributed by atoms with Crippen molar-refractivity contribution in [3.8, 4) is 0 Å². The highest BCUT2D eigenvalue weighted by atomic mass is 19.4. The van der Waals surface area contributed by atoms with Gasteiger partial charge in [-0.1, -0.05) is 24.3 Å². The van der Waals surface area contributed by atoms with Gasteiger partial charge in [-0.05, 0) is 36.8 Å². The van der Waals surface area contributed by atoms with Crippen LogP contribution in [0.5, 0.6) is 0 Å². The lowest BCUT2D eigenvalue weighted by Crippen LogP contribution is -2.50. The number of carbonyl (C=O) groups is 2. The first kappa shape index (κ1) is 24.2. The highest BCUT2D eigenvalue weighted by Gasteiger charge is 2.39. The Morgan fingerprint density at radius 3 is 2.20 bits per heavy atom. The Kier molecular flexibility index (Phi) is 7.04. The summed E-state index contributed by atoms with van der Waals surface area (Å²) < 4.78 is 46.0. The third kappa shape index (κ3) is 5.79. The van der Waals surface area contributed by atoms with E-state index in [4.69, 9.17) is 4.74 Å². The number of hydrogen-bond acceptors (Lipinski definition) is 6. The van der Waals surface area contributed by atoms with Crippen LogP contribution in [0.3, 0.4) is 0 Å². The molecule has 4 rings (SSSR count). The van der Waals surface area contributed by atoms with Crippen LogP contribution >= 0.6 is 0 Å². The molecule has 1 N–H and O–H groups in total. The zero-order valence-corrected chi connectivity index (χ0v) is 19.0. The number of para-hydroxylation sites is 2. The van der Waals surface area contributed by atoms with Gasteiger partial charge >= 0.3 is 18.2 Å². The van der Waals surface area contributed by atoms with Gasteiger partial charge in [0.25, 0.3) is 0 Å². The standard InChI is InChI=1S/C24H24F3N5O3/c1-2-35-20(33)15-16-7-9-17(10-8-16)28-23(34)32-13-11-31(12-14-32)22-21(24(25,26)27)29-18-5-3-4-6-19(18)30-22/h3-10H,2,11-15H2,1H3,(H,28,34). The summed E-state index contributed by atoms with van der Waals surface area (Å²) in [5, 5.41) is 2.78. The smallest absolute Gasteiger partial charge is 0.437 e. The molecular formula is C24H24F3N5O3. The Balaban J connectivity index is 1.39. The molecule has 0 spiro atoms. The van der Waals surface area contributed by atoms with E-state index in [1.165, 1.54) is 15.9 Å². The number of halogens is 3. The van der Waals surface area contributed by atoms with E-state index in [1.54, 1.807) is 49.4 Å². The zero-order chi connectivity index (χ0) is 25.0. The molecule has 0 unspecified atom stereocenters. The number of piperazine rings is 1. The quantitative estimate of drug-likeness (QED) is 0.545. The number of rotatable bonds is 5. The van der Waals surface area contributed by atoms with Gasteiger partial charge < -0.3 is 19.9 Å². The molecule has 1 aliphatic heterocycles. The maximum absolute atomic E-state index is 13.7. The lowest BCUT2D eigenvalue weighted by atomic mass is 10.1. The number of benzene rings is 2. The second-order valence-corrected chi connectivity index (χ2v) is 7.97. The number of urea groups is 1. The Morgan fingerprint density at radius 1 is 0.971 bits per heavy atom. The minimum absolute atomic E-state index is 0.140. The topological polar surface area (TPSA) is 87.7 Å². The number of ether oxygens (including phenoxy) is 1. The van der Waals surface area contributed by atoms with Crippen LogP contribution in [0.2, 0.25) is 0 Å². The molecule has 1 fully saturated rings. The number of alkyl halides is 3. The third-order valence-corrected chi connectivity index (χ3v) is 5.55. The van der Waals surface area contributed by atoms with Crippen LogP contribution in [0.25, 0.3) is 11.0 Å². The van der Waals surface area contributed by atoms with Gasteiger partial charge in [-0.2, -0.15) is 13.2 Å². The average Bonchev–Trinajstić information content (AvgIpc) is 2.84. The molecule has 2 heterocycles. The van der Waals surface area contributed by atoms with Crippen molar-refractivity contribution in [3.05, 3.63) is 59.8 Å². The third-order valence-electron chi connectivity index (χ3n) is 5.55. The number of esters is 1. The van der Waals surface area contributed by atoms with Crippen LogP contribution in [0.1, 0.15) is 18.2 Å². The molecular weight excluding hydrogens is 463 g/mol. The highest BCUT2D eigenvalue weighted by molar-refractivity contribution is 5.89. The van der Waals surface area contributed by atoms with Gasteiger partial charge in [-0.25, -0.2) is 14.8 Å². The molecule has 0 saturated carbocycles. The number of hydrogen-bond donors (Lipinski definition) is 1. The molecule has 1 aromatic heterocycles.